The molecule has 1 unspecified atom stereocenters. The first-order valence-electron chi connectivity index (χ1n) is 6.40. The Morgan fingerprint density at radius 3 is 3.00 bits per heavy atom. The molecule has 2 heterocycles. The summed E-state index contributed by atoms with van der Waals surface area (Å²) in [7, 11) is 2.00. The standard InChI is InChI=1S/C13H20N4S/c1-3-7-15-12(13-9-14-10-18-13)5-4-11-6-8-16-17(11)2/h6,8-10,12,15H,3-5,7H2,1-2H3. The summed E-state index contributed by atoms with van der Waals surface area (Å²) in [4.78, 5) is 5.50. The molecule has 2 rings (SSSR count). The largest absolute Gasteiger partial charge is 0.309 e. The number of hydrogen-bond donors (Lipinski definition) is 1. The molecule has 0 spiro atoms. The smallest absolute Gasteiger partial charge is 0.0794 e. The quantitative estimate of drug-likeness (QED) is 0.835. The predicted octanol–water partition coefficient (Wildman–Crippen LogP) is 2.55. The van der Waals surface area contributed by atoms with Crippen LogP contribution in [0, 0.1) is 0 Å². The zero-order chi connectivity index (χ0) is 12.8. The number of aromatic nitrogens is 3. The third-order valence-electron chi connectivity index (χ3n) is 3.05. The molecular formula is C13H20N4S. The Bertz CT molecular complexity index is 449. The molecule has 0 amide bonds. The molecule has 0 aromatic carbocycles. The Morgan fingerprint density at radius 1 is 1.50 bits per heavy atom. The van der Waals surface area contributed by atoms with E-state index in [1.165, 1.54) is 10.6 Å². The number of nitrogens with zero attached hydrogens (tertiary/aromatic N) is 3. The minimum absolute atomic E-state index is 0.410. The van der Waals surface area contributed by atoms with E-state index < -0.39 is 0 Å². The summed E-state index contributed by atoms with van der Waals surface area (Å²) in [6.07, 6.45) is 7.11. The first kappa shape index (κ1) is 13.2. The maximum absolute atomic E-state index is 4.21. The van der Waals surface area contributed by atoms with Gasteiger partial charge in [-0.2, -0.15) is 5.10 Å². The maximum Gasteiger partial charge on any atom is 0.0794 e. The van der Waals surface area contributed by atoms with E-state index in [-0.39, 0.29) is 0 Å². The third kappa shape index (κ3) is 3.40. The van der Waals surface area contributed by atoms with E-state index in [1.54, 1.807) is 11.3 Å². The fourth-order valence-electron chi connectivity index (χ4n) is 2.00. The van der Waals surface area contributed by atoms with Gasteiger partial charge in [0.15, 0.2) is 0 Å². The average Bonchev–Trinajstić information content (AvgIpc) is 3.01. The first-order valence-corrected chi connectivity index (χ1v) is 7.28. The van der Waals surface area contributed by atoms with Crippen molar-refractivity contribution in [3.05, 3.63) is 34.5 Å². The number of nitrogens with one attached hydrogen (secondary N) is 1. The maximum atomic E-state index is 4.21. The van der Waals surface area contributed by atoms with Crippen LogP contribution in [0.3, 0.4) is 0 Å². The molecule has 98 valence electrons. The molecule has 0 saturated carbocycles. The van der Waals surface area contributed by atoms with Crippen molar-refractivity contribution in [2.24, 2.45) is 7.05 Å². The van der Waals surface area contributed by atoms with E-state index in [1.807, 2.05) is 29.6 Å². The van der Waals surface area contributed by atoms with E-state index in [9.17, 15) is 0 Å². The summed E-state index contributed by atoms with van der Waals surface area (Å²) < 4.78 is 1.95. The SMILES string of the molecule is CCCNC(CCc1ccnn1C)c1cncs1. The van der Waals surface area contributed by atoms with Gasteiger partial charge in [-0.05, 0) is 31.9 Å². The molecule has 0 bridgehead atoms. The predicted molar refractivity (Wildman–Crippen MR) is 74.7 cm³/mol. The van der Waals surface area contributed by atoms with E-state index in [0.717, 1.165) is 25.8 Å². The van der Waals surface area contributed by atoms with E-state index >= 15 is 0 Å². The van der Waals surface area contributed by atoms with Crippen LogP contribution >= 0.6 is 11.3 Å². The van der Waals surface area contributed by atoms with Crippen molar-refractivity contribution in [2.45, 2.75) is 32.2 Å². The normalized spacial score (nSPS) is 12.8. The molecule has 0 aliphatic carbocycles. The summed E-state index contributed by atoms with van der Waals surface area (Å²) >= 11 is 1.73. The van der Waals surface area contributed by atoms with Crippen molar-refractivity contribution in [3.8, 4) is 0 Å². The fraction of sp³-hybridized carbons (Fsp3) is 0.538. The van der Waals surface area contributed by atoms with Gasteiger partial charge in [0.05, 0.1) is 5.51 Å². The van der Waals surface area contributed by atoms with Crippen molar-refractivity contribution in [2.75, 3.05) is 6.54 Å². The lowest BCUT2D eigenvalue weighted by Crippen LogP contribution is -2.22. The summed E-state index contributed by atoms with van der Waals surface area (Å²) in [6, 6.07) is 2.50. The van der Waals surface area contributed by atoms with Gasteiger partial charge in [0, 0.05) is 36.1 Å². The summed E-state index contributed by atoms with van der Waals surface area (Å²) in [5.41, 5.74) is 3.18. The zero-order valence-corrected chi connectivity index (χ0v) is 11.8. The van der Waals surface area contributed by atoms with Gasteiger partial charge in [-0.25, -0.2) is 0 Å². The lowest BCUT2D eigenvalue weighted by atomic mass is 10.1. The van der Waals surface area contributed by atoms with Crippen LogP contribution in [0.4, 0.5) is 0 Å². The van der Waals surface area contributed by atoms with E-state index in [0.29, 0.717) is 6.04 Å². The zero-order valence-electron chi connectivity index (χ0n) is 11.0. The van der Waals surface area contributed by atoms with Crippen LogP contribution in [0.15, 0.2) is 24.0 Å². The van der Waals surface area contributed by atoms with Gasteiger partial charge in [0.1, 0.15) is 0 Å². The molecule has 0 radical (unpaired) electrons. The monoisotopic (exact) mass is 264 g/mol. The molecule has 1 N–H and O–H groups in total. The highest BCUT2D eigenvalue weighted by Crippen LogP contribution is 2.22. The highest BCUT2D eigenvalue weighted by Gasteiger charge is 2.13. The molecular weight excluding hydrogens is 244 g/mol. The molecule has 2 aromatic rings. The van der Waals surface area contributed by atoms with Crippen LogP contribution < -0.4 is 5.32 Å². The molecule has 2 aromatic heterocycles. The van der Waals surface area contributed by atoms with Crippen molar-refractivity contribution >= 4 is 11.3 Å². The van der Waals surface area contributed by atoms with Crippen LogP contribution in [-0.2, 0) is 13.5 Å². The van der Waals surface area contributed by atoms with Gasteiger partial charge >= 0.3 is 0 Å². The summed E-state index contributed by atoms with van der Waals surface area (Å²) in [5, 5.41) is 7.80. The van der Waals surface area contributed by atoms with Gasteiger partial charge in [0.2, 0.25) is 0 Å². The summed E-state index contributed by atoms with van der Waals surface area (Å²) in [5.74, 6) is 0. The molecule has 0 saturated heterocycles. The number of thiazole rings is 1. The number of aryl methyl sites for hydroxylation is 2. The topological polar surface area (TPSA) is 42.7 Å². The average molecular weight is 264 g/mol. The van der Waals surface area contributed by atoms with Gasteiger partial charge in [0.25, 0.3) is 0 Å². The van der Waals surface area contributed by atoms with Gasteiger partial charge in [-0.1, -0.05) is 6.92 Å². The first-order chi connectivity index (χ1) is 8.81. The Hall–Kier alpha value is -1.20. The van der Waals surface area contributed by atoms with Crippen molar-refractivity contribution < 1.29 is 0 Å². The molecule has 1 atom stereocenters. The van der Waals surface area contributed by atoms with E-state index in [4.69, 9.17) is 0 Å². The van der Waals surface area contributed by atoms with Crippen LogP contribution in [0.25, 0.3) is 0 Å². The minimum Gasteiger partial charge on any atom is -0.309 e. The molecule has 0 aliphatic rings. The Balaban J connectivity index is 1.95. The molecule has 0 fully saturated rings. The number of rotatable bonds is 7. The molecule has 0 aliphatic heterocycles. The summed E-state index contributed by atoms with van der Waals surface area (Å²) in [6.45, 7) is 3.24. The molecule has 4 nitrogen and oxygen atoms in total. The second kappa shape index (κ2) is 6.66. The molecule has 5 heteroatoms. The fourth-order valence-corrected chi connectivity index (χ4v) is 2.73. The number of hydrogen-bond acceptors (Lipinski definition) is 4. The highest BCUT2D eigenvalue weighted by molar-refractivity contribution is 7.09. The Kier molecular flexibility index (Phi) is 4.90. The van der Waals surface area contributed by atoms with Crippen LogP contribution in [0.2, 0.25) is 0 Å². The third-order valence-corrected chi connectivity index (χ3v) is 3.94. The lowest BCUT2D eigenvalue weighted by Gasteiger charge is -2.16. The minimum atomic E-state index is 0.410. The second-order valence-corrected chi connectivity index (χ2v) is 5.31. The van der Waals surface area contributed by atoms with Crippen LogP contribution in [0.1, 0.15) is 36.4 Å². The van der Waals surface area contributed by atoms with Gasteiger partial charge < -0.3 is 5.32 Å². The Morgan fingerprint density at radius 2 is 2.39 bits per heavy atom. The van der Waals surface area contributed by atoms with Gasteiger partial charge in [-0.15, -0.1) is 11.3 Å². The molecule has 18 heavy (non-hydrogen) atoms. The lowest BCUT2D eigenvalue weighted by molar-refractivity contribution is 0.497. The van der Waals surface area contributed by atoms with E-state index in [2.05, 4.69) is 28.4 Å². The van der Waals surface area contributed by atoms with Gasteiger partial charge in [-0.3, -0.25) is 9.67 Å². The van der Waals surface area contributed by atoms with Crippen LogP contribution in [0.5, 0.6) is 0 Å². The van der Waals surface area contributed by atoms with Crippen molar-refractivity contribution in [1.82, 2.24) is 20.1 Å². The van der Waals surface area contributed by atoms with Crippen molar-refractivity contribution in [1.29, 1.82) is 0 Å². The van der Waals surface area contributed by atoms with Crippen molar-refractivity contribution in [3.63, 3.8) is 0 Å². The van der Waals surface area contributed by atoms with Crippen LogP contribution in [-0.4, -0.2) is 21.3 Å². The highest BCUT2D eigenvalue weighted by atomic mass is 32.1. The Labute approximate surface area is 112 Å². The second-order valence-electron chi connectivity index (χ2n) is 4.40.